The van der Waals surface area contributed by atoms with Gasteiger partial charge in [-0.25, -0.2) is 4.39 Å². The van der Waals surface area contributed by atoms with E-state index in [2.05, 4.69) is 23.4 Å². The Morgan fingerprint density at radius 3 is 2.68 bits per heavy atom. The smallest absolute Gasteiger partial charge is 0.178 e. The van der Waals surface area contributed by atoms with E-state index in [0.29, 0.717) is 16.2 Å². The maximum Gasteiger partial charge on any atom is 0.178 e. The molecule has 1 N–H and O–H groups in total. The Morgan fingerprint density at radius 1 is 1.32 bits per heavy atom. The first-order valence-corrected chi connectivity index (χ1v) is 7.27. The third kappa shape index (κ3) is 2.34. The van der Waals surface area contributed by atoms with E-state index < -0.39 is 0 Å². The maximum atomic E-state index is 13.5. The van der Waals surface area contributed by atoms with Crippen LogP contribution in [-0.4, -0.2) is 9.55 Å². The van der Waals surface area contributed by atoms with Crippen molar-refractivity contribution in [3.05, 3.63) is 28.8 Å². The number of hydrogen-bond acceptors (Lipinski definition) is 1. The minimum atomic E-state index is -0.202. The van der Waals surface area contributed by atoms with Crippen LogP contribution in [0.3, 0.4) is 0 Å². The lowest BCUT2D eigenvalue weighted by Crippen LogP contribution is -2.23. The van der Waals surface area contributed by atoms with Crippen LogP contribution in [0, 0.1) is 16.0 Å². The molecule has 1 fully saturated rings. The zero-order chi connectivity index (χ0) is 13.6. The number of imidazole rings is 1. The molecule has 1 aliphatic carbocycles. The van der Waals surface area contributed by atoms with Gasteiger partial charge in [0.1, 0.15) is 5.82 Å². The van der Waals surface area contributed by atoms with Gasteiger partial charge in [0.05, 0.1) is 11.0 Å². The standard InChI is InChI=1S/C15H19FN2S/c1-15(2)7-5-11(6-8-15)18-13-9-10(16)3-4-12(13)17-14(18)19/h3-4,9,11H,5-8H2,1-2H3,(H,17,19). The van der Waals surface area contributed by atoms with Crippen LogP contribution in [0.25, 0.3) is 11.0 Å². The minimum Gasteiger partial charge on any atom is -0.331 e. The number of nitrogens with one attached hydrogen (secondary N) is 1. The summed E-state index contributed by atoms with van der Waals surface area (Å²) in [6.07, 6.45) is 4.62. The van der Waals surface area contributed by atoms with Crippen molar-refractivity contribution in [1.82, 2.24) is 9.55 Å². The number of aromatic amines is 1. The molecule has 0 atom stereocenters. The number of aromatic nitrogens is 2. The van der Waals surface area contributed by atoms with Crippen LogP contribution in [0.4, 0.5) is 4.39 Å². The molecule has 1 aromatic carbocycles. The van der Waals surface area contributed by atoms with Crippen molar-refractivity contribution in [2.24, 2.45) is 5.41 Å². The Kier molecular flexibility index (Phi) is 3.01. The second-order valence-corrected chi connectivity index (χ2v) is 6.74. The van der Waals surface area contributed by atoms with Crippen molar-refractivity contribution < 1.29 is 4.39 Å². The van der Waals surface area contributed by atoms with Gasteiger partial charge >= 0.3 is 0 Å². The van der Waals surface area contributed by atoms with E-state index in [1.165, 1.54) is 18.9 Å². The molecular formula is C15H19FN2S. The summed E-state index contributed by atoms with van der Waals surface area (Å²) in [4.78, 5) is 3.18. The molecule has 1 aliphatic rings. The average Bonchev–Trinajstić information content (AvgIpc) is 2.65. The molecule has 1 aromatic heterocycles. The van der Waals surface area contributed by atoms with E-state index in [4.69, 9.17) is 12.2 Å². The Bertz CT molecular complexity index is 658. The lowest BCUT2D eigenvalue weighted by molar-refractivity contribution is 0.195. The number of H-pyrrole nitrogens is 1. The van der Waals surface area contributed by atoms with Gasteiger partial charge in [-0.05, 0) is 61.5 Å². The molecular weight excluding hydrogens is 259 g/mol. The summed E-state index contributed by atoms with van der Waals surface area (Å²) in [7, 11) is 0. The van der Waals surface area contributed by atoms with Gasteiger partial charge in [-0.2, -0.15) is 0 Å². The summed E-state index contributed by atoms with van der Waals surface area (Å²) < 4.78 is 16.3. The third-order valence-corrected chi connectivity index (χ3v) is 4.65. The monoisotopic (exact) mass is 278 g/mol. The number of benzene rings is 1. The van der Waals surface area contributed by atoms with Crippen molar-refractivity contribution in [1.29, 1.82) is 0 Å². The number of rotatable bonds is 1. The number of fused-ring (bicyclic) bond motifs is 1. The normalized spacial score (nSPS) is 19.9. The van der Waals surface area contributed by atoms with E-state index in [-0.39, 0.29) is 5.82 Å². The van der Waals surface area contributed by atoms with Gasteiger partial charge in [0.25, 0.3) is 0 Å². The van der Waals surface area contributed by atoms with Crippen LogP contribution in [-0.2, 0) is 0 Å². The van der Waals surface area contributed by atoms with Crippen molar-refractivity contribution in [3.8, 4) is 0 Å². The molecule has 4 heteroatoms. The summed E-state index contributed by atoms with van der Waals surface area (Å²) >= 11 is 5.42. The van der Waals surface area contributed by atoms with Crippen molar-refractivity contribution in [2.75, 3.05) is 0 Å². The molecule has 3 rings (SSSR count). The largest absolute Gasteiger partial charge is 0.331 e. The Balaban J connectivity index is 2.03. The first kappa shape index (κ1) is 12.9. The van der Waals surface area contributed by atoms with Crippen LogP contribution in [0.1, 0.15) is 45.6 Å². The van der Waals surface area contributed by atoms with E-state index in [9.17, 15) is 4.39 Å². The van der Waals surface area contributed by atoms with Crippen molar-refractivity contribution >= 4 is 23.3 Å². The zero-order valence-corrected chi connectivity index (χ0v) is 12.2. The minimum absolute atomic E-state index is 0.202. The number of hydrogen-bond donors (Lipinski definition) is 1. The highest BCUT2D eigenvalue weighted by atomic mass is 32.1. The van der Waals surface area contributed by atoms with E-state index in [1.807, 2.05) is 0 Å². The van der Waals surface area contributed by atoms with Gasteiger partial charge in [-0.3, -0.25) is 0 Å². The van der Waals surface area contributed by atoms with Crippen LogP contribution >= 0.6 is 12.2 Å². The van der Waals surface area contributed by atoms with E-state index in [1.54, 1.807) is 12.1 Å². The Hall–Kier alpha value is -1.16. The Morgan fingerprint density at radius 2 is 2.00 bits per heavy atom. The molecule has 2 nitrogen and oxygen atoms in total. The van der Waals surface area contributed by atoms with Gasteiger partial charge in [0.2, 0.25) is 0 Å². The molecule has 0 saturated heterocycles. The third-order valence-electron chi connectivity index (χ3n) is 4.35. The Labute approximate surface area is 117 Å². The molecule has 2 aromatic rings. The average molecular weight is 278 g/mol. The predicted octanol–water partition coefficient (Wildman–Crippen LogP) is 4.98. The van der Waals surface area contributed by atoms with Gasteiger partial charge in [0, 0.05) is 6.04 Å². The molecule has 0 bridgehead atoms. The van der Waals surface area contributed by atoms with Crippen molar-refractivity contribution in [2.45, 2.75) is 45.6 Å². The zero-order valence-electron chi connectivity index (χ0n) is 11.4. The molecule has 0 radical (unpaired) electrons. The summed E-state index contributed by atoms with van der Waals surface area (Å²) in [5.41, 5.74) is 2.25. The van der Waals surface area contributed by atoms with E-state index in [0.717, 1.165) is 23.9 Å². The molecule has 1 heterocycles. The van der Waals surface area contributed by atoms with Gasteiger partial charge in [-0.15, -0.1) is 0 Å². The molecule has 0 aliphatic heterocycles. The first-order valence-electron chi connectivity index (χ1n) is 6.86. The predicted molar refractivity (Wildman–Crippen MR) is 78.4 cm³/mol. The fraction of sp³-hybridized carbons (Fsp3) is 0.533. The highest BCUT2D eigenvalue weighted by Crippen LogP contribution is 2.41. The molecule has 1 saturated carbocycles. The quantitative estimate of drug-likeness (QED) is 0.730. The summed E-state index contributed by atoms with van der Waals surface area (Å²) in [5.74, 6) is -0.202. The summed E-state index contributed by atoms with van der Waals surface area (Å²) in [5, 5.41) is 0. The van der Waals surface area contributed by atoms with Gasteiger partial charge in [0.15, 0.2) is 4.77 Å². The van der Waals surface area contributed by atoms with Crippen LogP contribution in [0.15, 0.2) is 18.2 Å². The lowest BCUT2D eigenvalue weighted by atomic mass is 9.75. The summed E-state index contributed by atoms with van der Waals surface area (Å²) in [6, 6.07) is 5.23. The molecule has 19 heavy (non-hydrogen) atoms. The summed E-state index contributed by atoms with van der Waals surface area (Å²) in [6.45, 7) is 4.63. The van der Waals surface area contributed by atoms with Gasteiger partial charge in [-0.1, -0.05) is 13.8 Å². The lowest BCUT2D eigenvalue weighted by Gasteiger charge is -2.35. The second kappa shape index (κ2) is 4.44. The maximum absolute atomic E-state index is 13.5. The number of halogens is 1. The molecule has 0 amide bonds. The number of nitrogens with zero attached hydrogens (tertiary/aromatic N) is 1. The SMILES string of the molecule is CC1(C)CCC(n2c(=S)[nH]c3ccc(F)cc32)CC1. The van der Waals surface area contributed by atoms with E-state index >= 15 is 0 Å². The fourth-order valence-electron chi connectivity index (χ4n) is 3.10. The topological polar surface area (TPSA) is 20.7 Å². The first-order chi connectivity index (χ1) is 8.96. The highest BCUT2D eigenvalue weighted by Gasteiger charge is 2.28. The van der Waals surface area contributed by atoms with Crippen LogP contribution < -0.4 is 0 Å². The van der Waals surface area contributed by atoms with Crippen LogP contribution in [0.5, 0.6) is 0 Å². The van der Waals surface area contributed by atoms with Crippen LogP contribution in [0.2, 0.25) is 0 Å². The second-order valence-electron chi connectivity index (χ2n) is 6.36. The molecule has 0 spiro atoms. The molecule has 0 unspecified atom stereocenters. The highest BCUT2D eigenvalue weighted by molar-refractivity contribution is 7.71. The molecule has 102 valence electrons. The van der Waals surface area contributed by atoms with Crippen molar-refractivity contribution in [3.63, 3.8) is 0 Å². The fourth-order valence-corrected chi connectivity index (χ4v) is 3.46. The van der Waals surface area contributed by atoms with Gasteiger partial charge < -0.3 is 9.55 Å².